The molecule has 0 spiro atoms. The van der Waals surface area contributed by atoms with Crippen molar-refractivity contribution >= 4 is 5.97 Å². The second-order valence-corrected chi connectivity index (χ2v) is 3.90. The first-order valence-electron chi connectivity index (χ1n) is 5.55. The molecule has 0 amide bonds. The number of aromatic amines is 1. The molecule has 2 N–H and O–H groups in total. The highest BCUT2D eigenvalue weighted by molar-refractivity contribution is 5.68. The molecule has 0 bridgehead atoms. The summed E-state index contributed by atoms with van der Waals surface area (Å²) in [7, 11) is 1.59. The maximum absolute atomic E-state index is 10.9. The van der Waals surface area contributed by atoms with E-state index in [1.54, 1.807) is 19.5 Å². The number of rotatable bonds is 5. The first-order chi connectivity index (χ1) is 8.70. The van der Waals surface area contributed by atoms with Gasteiger partial charge < -0.3 is 14.8 Å². The first kappa shape index (κ1) is 12.2. The summed E-state index contributed by atoms with van der Waals surface area (Å²) >= 11 is 0. The predicted molar refractivity (Wildman–Crippen MR) is 65.7 cm³/mol. The third-order valence-electron chi connectivity index (χ3n) is 2.75. The summed E-state index contributed by atoms with van der Waals surface area (Å²) in [6.07, 6.45) is 3.31. The van der Waals surface area contributed by atoms with E-state index in [9.17, 15) is 4.79 Å². The Hall–Kier alpha value is -2.30. The number of aromatic nitrogens is 2. The highest BCUT2D eigenvalue weighted by Gasteiger charge is 2.19. The molecule has 0 aliphatic heterocycles. The number of benzene rings is 1. The number of hydrogen-bond acceptors (Lipinski definition) is 3. The number of hydrogen-bond donors (Lipinski definition) is 2. The molecule has 5 nitrogen and oxygen atoms in total. The number of H-pyrrole nitrogens is 1. The smallest absolute Gasteiger partial charge is 0.304 e. The molecule has 5 heteroatoms. The zero-order valence-electron chi connectivity index (χ0n) is 9.96. The molecule has 0 radical (unpaired) electrons. The number of nitrogens with one attached hydrogen (secondary N) is 1. The van der Waals surface area contributed by atoms with Gasteiger partial charge in [0.05, 0.1) is 19.4 Å². The number of carbonyl (C=O) groups is 1. The number of ether oxygens (including phenoxy) is 1. The summed E-state index contributed by atoms with van der Waals surface area (Å²) in [5.74, 6) is 0.269. The zero-order chi connectivity index (χ0) is 13.0. The molecular formula is C13H14N2O3. The molecule has 0 aliphatic carbocycles. The van der Waals surface area contributed by atoms with Crippen molar-refractivity contribution in [1.29, 1.82) is 0 Å². The Balaban J connectivity index is 2.30. The summed E-state index contributed by atoms with van der Waals surface area (Å²) in [5.41, 5.74) is 0.896. The first-order valence-corrected chi connectivity index (χ1v) is 5.55. The van der Waals surface area contributed by atoms with E-state index in [-0.39, 0.29) is 12.3 Å². The summed E-state index contributed by atoms with van der Waals surface area (Å²) in [4.78, 5) is 18.0. The number of methoxy groups -OCH3 is 1. The normalized spacial score (nSPS) is 12.1. The Bertz CT molecular complexity index is 506. The minimum atomic E-state index is -0.854. The van der Waals surface area contributed by atoms with E-state index in [4.69, 9.17) is 9.84 Å². The molecule has 0 fully saturated rings. The van der Waals surface area contributed by atoms with Crippen LogP contribution < -0.4 is 4.74 Å². The van der Waals surface area contributed by atoms with Crippen LogP contribution in [0.4, 0.5) is 0 Å². The Morgan fingerprint density at radius 1 is 1.44 bits per heavy atom. The van der Waals surface area contributed by atoms with Crippen LogP contribution in [-0.2, 0) is 4.79 Å². The predicted octanol–water partition coefficient (Wildman–Crippen LogP) is 2.02. The molecular weight excluding hydrogens is 232 g/mol. The van der Waals surface area contributed by atoms with Gasteiger partial charge in [-0.25, -0.2) is 4.98 Å². The van der Waals surface area contributed by atoms with E-state index in [2.05, 4.69) is 9.97 Å². The number of nitrogens with zero attached hydrogens (tertiary/aromatic N) is 1. The third-order valence-corrected chi connectivity index (χ3v) is 2.75. The number of carboxylic acid groups (broad SMARTS) is 1. The fourth-order valence-corrected chi connectivity index (χ4v) is 1.85. The molecule has 1 heterocycles. The minimum absolute atomic E-state index is 0.000157. The number of imidazole rings is 1. The molecule has 1 atom stereocenters. The maximum atomic E-state index is 10.9. The summed E-state index contributed by atoms with van der Waals surface area (Å²) in [6, 6.07) is 7.34. The van der Waals surface area contributed by atoms with E-state index >= 15 is 0 Å². The molecule has 18 heavy (non-hydrogen) atoms. The van der Waals surface area contributed by atoms with Gasteiger partial charge in [0.1, 0.15) is 11.6 Å². The number of carboxylic acids is 1. The monoisotopic (exact) mass is 246 g/mol. The Labute approximate surface area is 104 Å². The molecule has 94 valence electrons. The van der Waals surface area contributed by atoms with E-state index in [1.807, 2.05) is 24.3 Å². The van der Waals surface area contributed by atoms with Crippen LogP contribution in [-0.4, -0.2) is 28.2 Å². The summed E-state index contributed by atoms with van der Waals surface area (Å²) in [5, 5.41) is 8.98. The van der Waals surface area contributed by atoms with E-state index in [0.717, 1.165) is 11.3 Å². The van der Waals surface area contributed by atoms with Crippen LogP contribution in [0.3, 0.4) is 0 Å². The summed E-state index contributed by atoms with van der Waals surface area (Å²) in [6.45, 7) is 0. The van der Waals surface area contributed by atoms with Gasteiger partial charge in [0.15, 0.2) is 0 Å². The number of aliphatic carboxylic acids is 1. The van der Waals surface area contributed by atoms with Crippen molar-refractivity contribution in [2.24, 2.45) is 0 Å². The lowest BCUT2D eigenvalue weighted by molar-refractivity contribution is -0.137. The van der Waals surface area contributed by atoms with Crippen LogP contribution in [0.5, 0.6) is 5.75 Å². The van der Waals surface area contributed by atoms with Crippen LogP contribution >= 0.6 is 0 Å². The highest BCUT2D eigenvalue weighted by atomic mass is 16.5. The Morgan fingerprint density at radius 2 is 2.17 bits per heavy atom. The highest BCUT2D eigenvalue weighted by Crippen LogP contribution is 2.26. The van der Waals surface area contributed by atoms with Crippen molar-refractivity contribution in [3.05, 3.63) is 48.0 Å². The molecule has 1 unspecified atom stereocenters. The maximum Gasteiger partial charge on any atom is 0.304 e. The molecule has 1 aromatic heterocycles. The average Bonchev–Trinajstić information content (AvgIpc) is 2.89. The Kier molecular flexibility index (Phi) is 3.62. The van der Waals surface area contributed by atoms with Gasteiger partial charge in [-0.2, -0.15) is 0 Å². The van der Waals surface area contributed by atoms with Gasteiger partial charge in [-0.15, -0.1) is 0 Å². The van der Waals surface area contributed by atoms with Gasteiger partial charge in [-0.3, -0.25) is 4.79 Å². The standard InChI is InChI=1S/C13H14N2O3/c1-18-10-4-2-9(3-5-10)11(8-12(16)17)13-14-6-7-15-13/h2-7,11H,8H2,1H3,(H,14,15)(H,16,17). The van der Waals surface area contributed by atoms with Crippen LogP contribution in [0.25, 0.3) is 0 Å². The van der Waals surface area contributed by atoms with Crippen LogP contribution in [0.2, 0.25) is 0 Å². The zero-order valence-corrected chi connectivity index (χ0v) is 9.96. The van der Waals surface area contributed by atoms with Gasteiger partial charge in [0, 0.05) is 12.4 Å². The largest absolute Gasteiger partial charge is 0.497 e. The van der Waals surface area contributed by atoms with E-state index in [0.29, 0.717) is 5.82 Å². The lowest BCUT2D eigenvalue weighted by atomic mass is 9.95. The van der Waals surface area contributed by atoms with E-state index < -0.39 is 5.97 Å². The molecule has 2 aromatic rings. The second-order valence-electron chi connectivity index (χ2n) is 3.90. The topological polar surface area (TPSA) is 75.2 Å². The fourth-order valence-electron chi connectivity index (χ4n) is 1.85. The molecule has 0 saturated heterocycles. The lowest BCUT2D eigenvalue weighted by Gasteiger charge is -2.13. The lowest BCUT2D eigenvalue weighted by Crippen LogP contribution is -2.09. The second kappa shape index (κ2) is 5.35. The molecule has 1 aromatic carbocycles. The fraction of sp³-hybridized carbons (Fsp3) is 0.231. The van der Waals surface area contributed by atoms with Crippen molar-refractivity contribution < 1.29 is 14.6 Å². The SMILES string of the molecule is COc1ccc(C(CC(=O)O)c2ncc[nH]2)cc1. The van der Waals surface area contributed by atoms with Crippen molar-refractivity contribution in [3.8, 4) is 5.75 Å². The molecule has 2 rings (SSSR count). The van der Waals surface area contributed by atoms with Gasteiger partial charge >= 0.3 is 5.97 Å². The van der Waals surface area contributed by atoms with Crippen LogP contribution in [0, 0.1) is 0 Å². The van der Waals surface area contributed by atoms with Gasteiger partial charge in [-0.1, -0.05) is 12.1 Å². The molecule has 0 aliphatic rings. The van der Waals surface area contributed by atoms with E-state index in [1.165, 1.54) is 0 Å². The van der Waals surface area contributed by atoms with Crippen molar-refractivity contribution in [1.82, 2.24) is 9.97 Å². The Morgan fingerprint density at radius 3 is 2.67 bits per heavy atom. The third kappa shape index (κ3) is 2.68. The van der Waals surface area contributed by atoms with Crippen molar-refractivity contribution in [2.75, 3.05) is 7.11 Å². The quantitative estimate of drug-likeness (QED) is 0.846. The van der Waals surface area contributed by atoms with Gasteiger partial charge in [-0.05, 0) is 17.7 Å². The minimum Gasteiger partial charge on any atom is -0.497 e. The van der Waals surface area contributed by atoms with Gasteiger partial charge in [0.2, 0.25) is 0 Å². The molecule has 0 saturated carbocycles. The van der Waals surface area contributed by atoms with Crippen LogP contribution in [0.1, 0.15) is 23.7 Å². The van der Waals surface area contributed by atoms with Gasteiger partial charge in [0.25, 0.3) is 0 Å². The van der Waals surface area contributed by atoms with Crippen LogP contribution in [0.15, 0.2) is 36.7 Å². The summed E-state index contributed by atoms with van der Waals surface area (Å²) < 4.78 is 5.08. The van der Waals surface area contributed by atoms with Crippen molar-refractivity contribution in [2.45, 2.75) is 12.3 Å². The average molecular weight is 246 g/mol. The van der Waals surface area contributed by atoms with Crippen molar-refractivity contribution in [3.63, 3.8) is 0 Å².